The fraction of sp³-hybridized carbons (Fsp3) is 0.300. The molecule has 0 atom stereocenters. The van der Waals surface area contributed by atoms with Crippen molar-refractivity contribution in [2.75, 3.05) is 5.88 Å². The molecular formula is C10H11ClFN. The lowest BCUT2D eigenvalue weighted by molar-refractivity contribution is 0.582. The van der Waals surface area contributed by atoms with E-state index in [1.54, 1.807) is 0 Å². The summed E-state index contributed by atoms with van der Waals surface area (Å²) in [7, 11) is 0. The molecule has 13 heavy (non-hydrogen) atoms. The van der Waals surface area contributed by atoms with Gasteiger partial charge in [-0.05, 0) is 30.5 Å². The fourth-order valence-corrected chi connectivity index (χ4v) is 1.11. The summed E-state index contributed by atoms with van der Waals surface area (Å²) in [5.74, 6) is 0.163. The Morgan fingerprint density at radius 1 is 1.62 bits per heavy atom. The number of aromatic nitrogens is 1. The Morgan fingerprint density at radius 3 is 3.00 bits per heavy atom. The molecule has 0 aliphatic carbocycles. The van der Waals surface area contributed by atoms with Crippen molar-refractivity contribution in [2.45, 2.75) is 13.3 Å². The van der Waals surface area contributed by atoms with Crippen molar-refractivity contribution in [1.82, 2.24) is 4.98 Å². The van der Waals surface area contributed by atoms with Crippen LogP contribution in [0.3, 0.4) is 0 Å². The minimum absolute atomic E-state index is 0.438. The van der Waals surface area contributed by atoms with E-state index in [0.717, 1.165) is 17.5 Å². The maximum atomic E-state index is 12.6. The molecule has 3 heteroatoms. The fourth-order valence-electron chi connectivity index (χ4n) is 0.980. The van der Waals surface area contributed by atoms with Crippen LogP contribution in [-0.4, -0.2) is 10.9 Å². The highest BCUT2D eigenvalue weighted by Crippen LogP contribution is 2.09. The third-order valence-corrected chi connectivity index (χ3v) is 1.91. The molecule has 1 aromatic rings. The average Bonchev–Trinajstić information content (AvgIpc) is 2.09. The molecule has 70 valence electrons. The summed E-state index contributed by atoms with van der Waals surface area (Å²) in [6.07, 6.45) is 6.20. The van der Waals surface area contributed by atoms with Crippen LogP contribution < -0.4 is 0 Å². The largest absolute Gasteiger partial charge is 0.228 e. The van der Waals surface area contributed by atoms with Gasteiger partial charge in [-0.15, -0.1) is 11.6 Å². The van der Waals surface area contributed by atoms with Gasteiger partial charge in [0.15, 0.2) is 0 Å². The lowest BCUT2D eigenvalue weighted by atomic mass is 10.1. The van der Waals surface area contributed by atoms with Crippen LogP contribution in [-0.2, 0) is 0 Å². The number of halogens is 2. The zero-order chi connectivity index (χ0) is 9.68. The second-order valence-electron chi connectivity index (χ2n) is 2.74. The molecule has 0 aliphatic heterocycles. The van der Waals surface area contributed by atoms with E-state index in [1.807, 2.05) is 19.1 Å². The maximum Gasteiger partial charge on any atom is 0.213 e. The lowest BCUT2D eigenvalue weighted by Gasteiger charge is -1.98. The Hall–Kier alpha value is -0.890. The van der Waals surface area contributed by atoms with Crippen molar-refractivity contribution in [1.29, 1.82) is 0 Å². The molecule has 0 N–H and O–H groups in total. The zero-order valence-electron chi connectivity index (χ0n) is 7.43. The molecule has 1 nitrogen and oxygen atoms in total. The number of alkyl halides is 1. The molecule has 0 unspecified atom stereocenters. The number of hydrogen-bond acceptors (Lipinski definition) is 1. The number of aryl methyl sites for hydroxylation is 1. The highest BCUT2D eigenvalue weighted by atomic mass is 35.5. The predicted octanol–water partition coefficient (Wildman–Crippen LogP) is 3.17. The van der Waals surface area contributed by atoms with E-state index in [-0.39, 0.29) is 0 Å². The highest BCUT2D eigenvalue weighted by Gasteiger charge is 1.96. The first-order chi connectivity index (χ1) is 6.24. The number of nitrogens with zero attached hydrogens (tertiary/aromatic N) is 1. The third kappa shape index (κ3) is 3.15. The van der Waals surface area contributed by atoms with Crippen molar-refractivity contribution < 1.29 is 4.39 Å². The van der Waals surface area contributed by atoms with Gasteiger partial charge in [0.25, 0.3) is 0 Å². The minimum Gasteiger partial charge on any atom is -0.228 e. The molecule has 0 saturated carbocycles. The van der Waals surface area contributed by atoms with Crippen LogP contribution in [0.5, 0.6) is 0 Å². The Bertz CT molecular complexity index is 310. The summed E-state index contributed by atoms with van der Waals surface area (Å²) in [5, 5.41) is 0. The topological polar surface area (TPSA) is 12.9 Å². The standard InChI is InChI=1S/C10H11ClFN/c1-8-6-10(12)13-7-9(8)4-2-3-5-11/h2,4,6-7H,3,5H2,1H3. The van der Waals surface area contributed by atoms with Gasteiger partial charge >= 0.3 is 0 Å². The molecule has 0 fully saturated rings. The van der Waals surface area contributed by atoms with E-state index in [2.05, 4.69) is 4.98 Å². The highest BCUT2D eigenvalue weighted by molar-refractivity contribution is 6.17. The molecule has 0 spiro atoms. The molecule has 0 saturated heterocycles. The number of pyridine rings is 1. The van der Waals surface area contributed by atoms with Gasteiger partial charge in [-0.2, -0.15) is 4.39 Å². The molecule has 0 radical (unpaired) electrons. The average molecular weight is 200 g/mol. The smallest absolute Gasteiger partial charge is 0.213 e. The molecule has 1 rings (SSSR count). The predicted molar refractivity (Wildman–Crippen MR) is 53.3 cm³/mol. The van der Waals surface area contributed by atoms with Crippen molar-refractivity contribution in [2.24, 2.45) is 0 Å². The van der Waals surface area contributed by atoms with Gasteiger partial charge in [0.1, 0.15) is 0 Å². The van der Waals surface area contributed by atoms with Crippen LogP contribution in [0.15, 0.2) is 18.3 Å². The molecule has 1 aromatic heterocycles. The van der Waals surface area contributed by atoms with Gasteiger partial charge in [-0.1, -0.05) is 12.2 Å². The first-order valence-electron chi connectivity index (χ1n) is 4.08. The first kappa shape index (κ1) is 10.2. The Labute approximate surface area is 82.3 Å². The molecule has 0 aliphatic rings. The van der Waals surface area contributed by atoms with E-state index in [0.29, 0.717) is 5.88 Å². The van der Waals surface area contributed by atoms with Crippen LogP contribution >= 0.6 is 11.6 Å². The Kier molecular flexibility index (Phi) is 3.90. The second kappa shape index (κ2) is 4.97. The van der Waals surface area contributed by atoms with Crippen LogP contribution in [0.4, 0.5) is 4.39 Å². The monoisotopic (exact) mass is 199 g/mol. The second-order valence-corrected chi connectivity index (χ2v) is 3.12. The van der Waals surface area contributed by atoms with Crippen molar-refractivity contribution in [3.05, 3.63) is 35.4 Å². The normalized spacial score (nSPS) is 11.0. The lowest BCUT2D eigenvalue weighted by Crippen LogP contribution is -1.87. The summed E-state index contributed by atoms with van der Waals surface area (Å²) >= 11 is 5.51. The Morgan fingerprint density at radius 2 is 2.38 bits per heavy atom. The molecule has 0 amide bonds. The van der Waals surface area contributed by atoms with Gasteiger partial charge in [-0.3, -0.25) is 0 Å². The van der Waals surface area contributed by atoms with Gasteiger partial charge in [0, 0.05) is 12.1 Å². The van der Waals surface area contributed by atoms with E-state index in [4.69, 9.17) is 11.6 Å². The van der Waals surface area contributed by atoms with E-state index in [1.165, 1.54) is 12.3 Å². The van der Waals surface area contributed by atoms with Crippen molar-refractivity contribution >= 4 is 17.7 Å². The van der Waals surface area contributed by atoms with Crippen molar-refractivity contribution in [3.63, 3.8) is 0 Å². The summed E-state index contributed by atoms with van der Waals surface area (Å²) < 4.78 is 12.6. The molecule has 1 heterocycles. The molecular weight excluding hydrogens is 189 g/mol. The first-order valence-corrected chi connectivity index (χ1v) is 4.62. The summed E-state index contributed by atoms with van der Waals surface area (Å²) in [6.45, 7) is 1.85. The third-order valence-electron chi connectivity index (χ3n) is 1.69. The quantitative estimate of drug-likeness (QED) is 0.538. The summed E-state index contributed by atoms with van der Waals surface area (Å²) in [4.78, 5) is 3.57. The van der Waals surface area contributed by atoms with Crippen LogP contribution in [0.1, 0.15) is 17.5 Å². The van der Waals surface area contributed by atoms with Gasteiger partial charge < -0.3 is 0 Å². The van der Waals surface area contributed by atoms with E-state index in [9.17, 15) is 4.39 Å². The maximum absolute atomic E-state index is 12.6. The van der Waals surface area contributed by atoms with Crippen LogP contribution in [0, 0.1) is 12.9 Å². The minimum atomic E-state index is -0.438. The SMILES string of the molecule is Cc1cc(F)ncc1C=CCCCl. The van der Waals surface area contributed by atoms with Crippen LogP contribution in [0.2, 0.25) is 0 Å². The summed E-state index contributed by atoms with van der Waals surface area (Å²) in [6, 6.07) is 1.42. The van der Waals surface area contributed by atoms with Crippen molar-refractivity contribution in [3.8, 4) is 0 Å². The molecule has 0 bridgehead atoms. The Balaban J connectivity index is 2.77. The number of allylic oxidation sites excluding steroid dienone is 1. The van der Waals surface area contributed by atoms with Gasteiger partial charge in [-0.25, -0.2) is 4.98 Å². The van der Waals surface area contributed by atoms with E-state index < -0.39 is 5.95 Å². The van der Waals surface area contributed by atoms with Crippen LogP contribution in [0.25, 0.3) is 6.08 Å². The van der Waals surface area contributed by atoms with E-state index >= 15 is 0 Å². The molecule has 0 aromatic carbocycles. The number of rotatable bonds is 3. The zero-order valence-corrected chi connectivity index (χ0v) is 8.18. The number of hydrogen-bond donors (Lipinski definition) is 0. The van der Waals surface area contributed by atoms with Gasteiger partial charge in [0.05, 0.1) is 0 Å². The van der Waals surface area contributed by atoms with Gasteiger partial charge in [0.2, 0.25) is 5.95 Å². The summed E-state index contributed by atoms with van der Waals surface area (Å²) in [5.41, 5.74) is 1.82.